The Kier molecular flexibility index (Phi) is 3.10. The molecule has 0 spiro atoms. The van der Waals surface area contributed by atoms with Crippen LogP contribution in [0.15, 0.2) is 16.7 Å². The van der Waals surface area contributed by atoms with E-state index < -0.39 is 0 Å². The molecule has 17 heavy (non-hydrogen) atoms. The van der Waals surface area contributed by atoms with Crippen molar-refractivity contribution in [2.45, 2.75) is 27.2 Å². The lowest BCUT2D eigenvalue weighted by Gasteiger charge is -2.10. The van der Waals surface area contributed by atoms with Gasteiger partial charge in [-0.25, -0.2) is 15.8 Å². The predicted octanol–water partition coefficient (Wildman–Crippen LogP) is 2.20. The van der Waals surface area contributed by atoms with E-state index in [1.807, 2.05) is 26.8 Å². The number of hydrogen-bond acceptors (Lipinski definition) is 5. The van der Waals surface area contributed by atoms with Crippen LogP contribution >= 0.6 is 0 Å². The zero-order valence-electron chi connectivity index (χ0n) is 10.2. The van der Waals surface area contributed by atoms with Crippen LogP contribution in [0.3, 0.4) is 0 Å². The lowest BCUT2D eigenvalue weighted by molar-refractivity contribution is 0.575. The Morgan fingerprint density at radius 1 is 1.35 bits per heavy atom. The number of furan rings is 1. The first-order valence-corrected chi connectivity index (χ1v) is 5.56. The minimum absolute atomic E-state index is 0.565. The van der Waals surface area contributed by atoms with Crippen molar-refractivity contribution in [2.75, 3.05) is 5.43 Å². The summed E-state index contributed by atoms with van der Waals surface area (Å²) in [5, 5.41) is 0. The van der Waals surface area contributed by atoms with Gasteiger partial charge >= 0.3 is 0 Å². The largest absolute Gasteiger partial charge is 0.461 e. The summed E-state index contributed by atoms with van der Waals surface area (Å²) in [7, 11) is 0. The van der Waals surface area contributed by atoms with Crippen LogP contribution in [0, 0.1) is 13.8 Å². The van der Waals surface area contributed by atoms with Crippen LogP contribution in [0.5, 0.6) is 0 Å². The maximum absolute atomic E-state index is 5.48. The molecule has 2 aromatic rings. The average molecular weight is 232 g/mol. The van der Waals surface area contributed by atoms with Gasteiger partial charge < -0.3 is 9.84 Å². The smallest absolute Gasteiger partial charge is 0.198 e. The predicted molar refractivity (Wildman–Crippen MR) is 66.4 cm³/mol. The first-order valence-electron chi connectivity index (χ1n) is 5.56. The zero-order chi connectivity index (χ0) is 12.4. The third-order valence-electron chi connectivity index (χ3n) is 2.77. The summed E-state index contributed by atoms with van der Waals surface area (Å²) in [4.78, 5) is 8.84. The van der Waals surface area contributed by atoms with Gasteiger partial charge in [0.1, 0.15) is 5.82 Å². The third kappa shape index (κ3) is 2.01. The Bertz CT molecular complexity index is 533. The summed E-state index contributed by atoms with van der Waals surface area (Å²) in [6.45, 7) is 5.95. The molecular formula is C12H16N4O. The summed E-state index contributed by atoms with van der Waals surface area (Å²) in [6.07, 6.45) is 2.47. The second-order valence-corrected chi connectivity index (χ2v) is 3.89. The topological polar surface area (TPSA) is 77.0 Å². The highest BCUT2D eigenvalue weighted by molar-refractivity contribution is 5.57. The summed E-state index contributed by atoms with van der Waals surface area (Å²) < 4.78 is 5.38. The van der Waals surface area contributed by atoms with E-state index in [0.29, 0.717) is 17.4 Å². The highest BCUT2D eigenvalue weighted by atomic mass is 16.3. The Morgan fingerprint density at radius 3 is 2.65 bits per heavy atom. The number of anilines is 1. The van der Waals surface area contributed by atoms with Gasteiger partial charge in [-0.2, -0.15) is 0 Å². The average Bonchev–Trinajstić information content (AvgIpc) is 2.74. The third-order valence-corrected chi connectivity index (χ3v) is 2.77. The summed E-state index contributed by atoms with van der Waals surface area (Å²) in [5.41, 5.74) is 5.57. The highest BCUT2D eigenvalue weighted by Gasteiger charge is 2.14. The van der Waals surface area contributed by atoms with Crippen LogP contribution in [0.4, 0.5) is 5.82 Å². The van der Waals surface area contributed by atoms with E-state index in [0.717, 1.165) is 23.2 Å². The van der Waals surface area contributed by atoms with Crippen LogP contribution in [0.25, 0.3) is 11.6 Å². The molecule has 0 radical (unpaired) electrons. The molecule has 2 rings (SSSR count). The van der Waals surface area contributed by atoms with E-state index in [1.165, 1.54) is 0 Å². The van der Waals surface area contributed by atoms with Gasteiger partial charge in [0.25, 0.3) is 0 Å². The molecule has 0 saturated heterocycles. The molecule has 2 aromatic heterocycles. The number of aromatic nitrogens is 2. The normalized spacial score (nSPS) is 10.6. The zero-order valence-corrected chi connectivity index (χ0v) is 10.2. The van der Waals surface area contributed by atoms with E-state index in [4.69, 9.17) is 10.3 Å². The highest BCUT2D eigenvalue weighted by Crippen LogP contribution is 2.25. The molecule has 5 nitrogen and oxygen atoms in total. The Balaban J connectivity index is 2.58. The number of nitrogens with two attached hydrogens (primary N) is 1. The van der Waals surface area contributed by atoms with Crippen LogP contribution < -0.4 is 11.3 Å². The summed E-state index contributed by atoms with van der Waals surface area (Å²) in [6, 6.07) is 1.89. The van der Waals surface area contributed by atoms with Crippen molar-refractivity contribution in [3.05, 3.63) is 29.2 Å². The first kappa shape index (κ1) is 11.6. The lowest BCUT2D eigenvalue weighted by atomic mass is 10.1. The molecule has 0 saturated carbocycles. The molecule has 0 bridgehead atoms. The molecule has 0 amide bonds. The van der Waals surface area contributed by atoms with E-state index >= 15 is 0 Å². The molecule has 5 heteroatoms. The van der Waals surface area contributed by atoms with Gasteiger partial charge in [-0.3, -0.25) is 0 Å². The van der Waals surface area contributed by atoms with Gasteiger partial charge in [0.2, 0.25) is 0 Å². The molecule has 0 unspecified atom stereocenters. The Labute approximate surface area is 100 Å². The van der Waals surface area contributed by atoms with Crippen molar-refractivity contribution < 1.29 is 4.42 Å². The van der Waals surface area contributed by atoms with Gasteiger partial charge in [-0.05, 0) is 31.9 Å². The van der Waals surface area contributed by atoms with Gasteiger partial charge in [0.15, 0.2) is 11.6 Å². The number of nitrogens with zero attached hydrogens (tertiary/aromatic N) is 2. The molecule has 0 aliphatic rings. The number of nitrogens with one attached hydrogen (secondary N) is 1. The van der Waals surface area contributed by atoms with E-state index in [2.05, 4.69) is 15.4 Å². The number of aryl methyl sites for hydroxylation is 2. The van der Waals surface area contributed by atoms with Crippen LogP contribution in [0.2, 0.25) is 0 Å². The second-order valence-electron chi connectivity index (χ2n) is 3.89. The van der Waals surface area contributed by atoms with Crippen molar-refractivity contribution in [3.63, 3.8) is 0 Å². The van der Waals surface area contributed by atoms with Gasteiger partial charge in [0.05, 0.1) is 6.26 Å². The molecule has 0 aliphatic carbocycles. The monoisotopic (exact) mass is 232 g/mol. The van der Waals surface area contributed by atoms with Crippen molar-refractivity contribution in [3.8, 4) is 11.6 Å². The molecule has 3 N–H and O–H groups in total. The van der Waals surface area contributed by atoms with E-state index in [-0.39, 0.29) is 0 Å². The molecule has 0 aliphatic heterocycles. The maximum atomic E-state index is 5.48. The lowest BCUT2D eigenvalue weighted by Crippen LogP contribution is -2.13. The first-order chi connectivity index (χ1) is 8.17. The molecule has 90 valence electrons. The number of rotatable bonds is 3. The molecular weight excluding hydrogens is 216 g/mol. The second kappa shape index (κ2) is 4.55. The van der Waals surface area contributed by atoms with Gasteiger partial charge in [-0.15, -0.1) is 0 Å². The molecule has 0 fully saturated rings. The van der Waals surface area contributed by atoms with Crippen LogP contribution in [-0.2, 0) is 6.42 Å². The number of nitrogen functional groups attached to an aromatic ring is 1. The van der Waals surface area contributed by atoms with Gasteiger partial charge in [-0.1, -0.05) is 6.92 Å². The van der Waals surface area contributed by atoms with Crippen molar-refractivity contribution in [2.24, 2.45) is 5.84 Å². The number of hydrogen-bond donors (Lipinski definition) is 2. The summed E-state index contributed by atoms with van der Waals surface area (Å²) in [5.74, 6) is 7.39. The van der Waals surface area contributed by atoms with E-state index in [9.17, 15) is 0 Å². The van der Waals surface area contributed by atoms with Crippen molar-refractivity contribution in [1.29, 1.82) is 0 Å². The van der Waals surface area contributed by atoms with Crippen LogP contribution in [-0.4, -0.2) is 9.97 Å². The van der Waals surface area contributed by atoms with Crippen LogP contribution in [0.1, 0.15) is 23.7 Å². The summed E-state index contributed by atoms with van der Waals surface area (Å²) >= 11 is 0. The molecule has 0 aromatic carbocycles. The minimum Gasteiger partial charge on any atom is -0.461 e. The molecule has 0 atom stereocenters. The Hall–Kier alpha value is -1.88. The van der Waals surface area contributed by atoms with Gasteiger partial charge in [0, 0.05) is 11.3 Å². The fourth-order valence-electron chi connectivity index (χ4n) is 1.84. The quantitative estimate of drug-likeness (QED) is 0.626. The van der Waals surface area contributed by atoms with Crippen molar-refractivity contribution >= 4 is 5.82 Å². The fraction of sp³-hybridized carbons (Fsp3) is 0.333. The maximum Gasteiger partial charge on any atom is 0.198 e. The SMILES string of the molecule is CCc1c(C)nc(-c2occc2C)nc1NN. The van der Waals surface area contributed by atoms with E-state index in [1.54, 1.807) is 6.26 Å². The fourth-order valence-corrected chi connectivity index (χ4v) is 1.84. The number of hydrazine groups is 1. The molecule has 2 heterocycles. The minimum atomic E-state index is 0.565. The standard InChI is InChI=1S/C12H16N4O/c1-4-9-8(3)14-12(15-11(9)16-13)10-7(2)5-6-17-10/h5-6H,4,13H2,1-3H3,(H,14,15,16). The Morgan fingerprint density at radius 2 is 2.12 bits per heavy atom. The van der Waals surface area contributed by atoms with Crippen molar-refractivity contribution in [1.82, 2.24) is 9.97 Å².